The number of phenolic OH excluding ortho intramolecular Hbond substituents is 2. The van der Waals surface area contributed by atoms with Crippen LogP contribution in [0.5, 0.6) is 17.2 Å². The van der Waals surface area contributed by atoms with Crippen LogP contribution in [0.25, 0.3) is 0 Å². The molecule has 2 bridgehead atoms. The minimum absolute atomic E-state index is 0.0173. The van der Waals surface area contributed by atoms with Crippen molar-refractivity contribution in [3.05, 3.63) is 51.6 Å². The van der Waals surface area contributed by atoms with Crippen molar-refractivity contribution < 1.29 is 54.1 Å². The van der Waals surface area contributed by atoms with Gasteiger partial charge in [-0.25, -0.2) is 0 Å². The molecule has 1 saturated heterocycles. The zero-order valence-corrected chi connectivity index (χ0v) is 35.8. The fraction of sp³-hybridized carbons (Fsp3) is 0.681. The van der Waals surface area contributed by atoms with E-state index < -0.39 is 95.7 Å². The quantitative estimate of drug-likeness (QED) is 0.157. The number of rotatable bonds is 5. The molecular formula is C47H65NO11. The van der Waals surface area contributed by atoms with Gasteiger partial charge in [-0.3, -0.25) is 14.4 Å². The SMILES string of the molecule is COc1cccc2c1C(=O)c1c(O)c3c(c(O)c1C2=O)C[C@@](O)(C(=O)CO)C[C@@H]3O[C@H]1C[C@H](N)[C@H](O)[C@H](C)O1.C[C@@H]1CCC[C@@]2(C)CC[C@H]3[C@H](C)CC[C@@H](C[C@H]12)C3(C)C. The van der Waals surface area contributed by atoms with Gasteiger partial charge in [-0.15, -0.1) is 0 Å². The van der Waals surface area contributed by atoms with E-state index in [0.29, 0.717) is 10.8 Å². The highest BCUT2D eigenvalue weighted by atomic mass is 16.7. The molecule has 1 heterocycles. The van der Waals surface area contributed by atoms with E-state index >= 15 is 0 Å². The van der Waals surface area contributed by atoms with Gasteiger partial charge in [-0.05, 0) is 85.5 Å². The van der Waals surface area contributed by atoms with E-state index in [1.807, 2.05) is 0 Å². The normalized spacial score (nSPS) is 37.3. The molecule has 12 nitrogen and oxygen atoms in total. The summed E-state index contributed by atoms with van der Waals surface area (Å²) in [6, 6.07) is 3.64. The highest BCUT2D eigenvalue weighted by Crippen LogP contribution is 2.60. The van der Waals surface area contributed by atoms with E-state index in [-0.39, 0.29) is 34.4 Å². The summed E-state index contributed by atoms with van der Waals surface area (Å²) in [6.07, 6.45) is 6.92. The number of benzene rings is 2. The first-order valence-corrected chi connectivity index (χ1v) is 21.8. The molecule has 12 atom stereocenters. The van der Waals surface area contributed by atoms with E-state index in [1.165, 1.54) is 76.7 Å². The van der Waals surface area contributed by atoms with Crippen molar-refractivity contribution in [1.29, 1.82) is 0 Å². The number of carbonyl (C=O) groups is 3. The Bertz CT molecular complexity index is 1970. The van der Waals surface area contributed by atoms with Crippen molar-refractivity contribution in [2.75, 3.05) is 13.7 Å². The number of ketones is 3. The minimum Gasteiger partial charge on any atom is -0.507 e. The third kappa shape index (κ3) is 7.43. The molecule has 0 amide bonds. The maximum atomic E-state index is 13.6. The van der Waals surface area contributed by atoms with Crippen molar-refractivity contribution in [1.82, 2.24) is 0 Å². The van der Waals surface area contributed by atoms with Gasteiger partial charge in [0, 0.05) is 42.0 Å². The average molecular weight is 820 g/mol. The number of phenols is 2. The summed E-state index contributed by atoms with van der Waals surface area (Å²) in [5.74, 6) is 1.14. The largest absolute Gasteiger partial charge is 0.507 e. The Hall–Kier alpha value is -3.39. The highest BCUT2D eigenvalue weighted by Gasteiger charge is 2.52. The second-order valence-electron chi connectivity index (χ2n) is 19.7. The molecule has 5 aliphatic carbocycles. The van der Waals surface area contributed by atoms with Gasteiger partial charge in [0.05, 0.1) is 42.1 Å². The molecule has 4 fully saturated rings. The molecule has 1 aliphatic heterocycles. The fourth-order valence-electron chi connectivity index (χ4n) is 12.4. The predicted octanol–water partition coefficient (Wildman–Crippen LogP) is 6.30. The molecule has 8 rings (SSSR count). The first-order valence-electron chi connectivity index (χ1n) is 21.8. The molecule has 0 unspecified atom stereocenters. The number of ether oxygens (including phenoxy) is 3. The minimum atomic E-state index is -2.24. The summed E-state index contributed by atoms with van der Waals surface area (Å²) in [7, 11) is 1.32. The highest BCUT2D eigenvalue weighted by molar-refractivity contribution is 6.31. The average Bonchev–Trinajstić information content (AvgIpc) is 3.18. The third-order valence-corrected chi connectivity index (χ3v) is 16.0. The summed E-state index contributed by atoms with van der Waals surface area (Å²) >= 11 is 0. The number of hydrogen-bond donors (Lipinski definition) is 6. The maximum Gasteiger partial charge on any atom is 0.202 e. The van der Waals surface area contributed by atoms with E-state index in [0.717, 1.165) is 29.6 Å². The Morgan fingerprint density at radius 2 is 1.61 bits per heavy atom. The number of nitrogens with two attached hydrogens (primary N) is 1. The van der Waals surface area contributed by atoms with Crippen LogP contribution in [0.1, 0.15) is 155 Å². The molecule has 0 radical (unpaired) electrons. The summed E-state index contributed by atoms with van der Waals surface area (Å²) in [4.78, 5) is 39.7. The summed E-state index contributed by atoms with van der Waals surface area (Å²) in [5.41, 5.74) is 3.64. The molecule has 59 heavy (non-hydrogen) atoms. The number of fused-ring (bicyclic) bond motifs is 6. The Morgan fingerprint density at radius 3 is 2.29 bits per heavy atom. The molecule has 3 saturated carbocycles. The Balaban J connectivity index is 0.000000221. The monoisotopic (exact) mass is 819 g/mol. The van der Waals surface area contributed by atoms with Gasteiger partial charge in [0.2, 0.25) is 5.78 Å². The Kier molecular flexibility index (Phi) is 12.0. The van der Waals surface area contributed by atoms with Crippen LogP contribution in [0.4, 0.5) is 0 Å². The second kappa shape index (κ2) is 16.1. The number of Topliss-reactive ketones (excluding diaryl/α,β-unsaturated/α-hetero) is 1. The van der Waals surface area contributed by atoms with Gasteiger partial charge >= 0.3 is 0 Å². The van der Waals surface area contributed by atoms with Crippen LogP contribution >= 0.6 is 0 Å². The molecule has 12 heteroatoms. The first-order chi connectivity index (χ1) is 27.8. The lowest BCUT2D eigenvalue weighted by atomic mass is 9.48. The van der Waals surface area contributed by atoms with Crippen LogP contribution in [0, 0.1) is 40.4 Å². The van der Waals surface area contributed by atoms with Gasteiger partial charge in [-0.2, -0.15) is 0 Å². The zero-order valence-electron chi connectivity index (χ0n) is 35.8. The smallest absolute Gasteiger partial charge is 0.202 e. The molecule has 2 aromatic carbocycles. The Labute approximate surface area is 347 Å². The second-order valence-corrected chi connectivity index (χ2v) is 19.7. The number of carbonyl (C=O) groups excluding carboxylic acids is 3. The fourth-order valence-corrected chi connectivity index (χ4v) is 12.4. The summed E-state index contributed by atoms with van der Waals surface area (Å²) < 4.78 is 17.0. The number of methoxy groups -OCH3 is 1. The molecule has 0 aromatic heterocycles. The van der Waals surface area contributed by atoms with Gasteiger partial charge in [0.1, 0.15) is 29.5 Å². The summed E-state index contributed by atoms with van der Waals surface area (Å²) in [5, 5.41) is 53.7. The lowest BCUT2D eigenvalue weighted by molar-refractivity contribution is -0.247. The molecule has 6 aliphatic rings. The van der Waals surface area contributed by atoms with Crippen LogP contribution in [-0.2, 0) is 20.7 Å². The standard InChI is InChI=1S/C27H29NO11.C20H36/c1-10-22(31)13(28)6-17(38-10)39-15-8-27(36,16(30)9-29)7-12-19(15)26(35)21-20(24(12)33)23(32)11-4-3-5-14(37-2)18(11)25(21)34;1-14-7-6-11-20(5)12-10-17-15(2)8-9-16(13-18(14)20)19(17,3)4/h3-5,10,13,15,17,22,29,31,33,35-36H,6-9,28H2,1-2H3;14-18H,6-13H2,1-5H3/t10-,13-,15-,17-,22+,27-;14-,15-,16+,17+,18-,20+/m01/s1. The lowest BCUT2D eigenvalue weighted by Crippen LogP contribution is -2.53. The number of hydrogen-bond acceptors (Lipinski definition) is 12. The molecule has 2 aromatic rings. The van der Waals surface area contributed by atoms with Crippen molar-refractivity contribution >= 4 is 17.3 Å². The van der Waals surface area contributed by atoms with Crippen LogP contribution < -0.4 is 10.5 Å². The van der Waals surface area contributed by atoms with E-state index in [9.17, 15) is 39.9 Å². The molecule has 324 valence electrons. The van der Waals surface area contributed by atoms with E-state index in [1.54, 1.807) is 6.92 Å². The third-order valence-electron chi connectivity index (χ3n) is 16.0. The molecule has 0 spiro atoms. The van der Waals surface area contributed by atoms with Crippen molar-refractivity contribution in [2.45, 2.75) is 148 Å². The van der Waals surface area contributed by atoms with E-state index in [2.05, 4.69) is 34.6 Å². The maximum absolute atomic E-state index is 13.6. The predicted molar refractivity (Wildman–Crippen MR) is 219 cm³/mol. The summed E-state index contributed by atoms with van der Waals surface area (Å²) in [6.45, 7) is 13.5. The number of aliphatic hydroxyl groups excluding tert-OH is 2. The zero-order chi connectivity index (χ0) is 42.9. The lowest BCUT2D eigenvalue weighted by Gasteiger charge is -2.57. The topological polar surface area (TPSA) is 206 Å². The van der Waals surface area contributed by atoms with Crippen molar-refractivity contribution in [3.63, 3.8) is 0 Å². The van der Waals surface area contributed by atoms with Gasteiger partial charge in [0.15, 0.2) is 17.9 Å². The van der Waals surface area contributed by atoms with E-state index in [4.69, 9.17) is 19.9 Å². The van der Waals surface area contributed by atoms with Gasteiger partial charge < -0.3 is 45.5 Å². The Morgan fingerprint density at radius 1 is 0.915 bits per heavy atom. The van der Waals surface area contributed by atoms with Gasteiger partial charge in [0.25, 0.3) is 0 Å². The number of aliphatic hydroxyl groups is 3. The molecule has 7 N–H and O–H groups in total. The van der Waals surface area contributed by atoms with Gasteiger partial charge in [-0.1, -0.05) is 66.0 Å². The van der Waals surface area contributed by atoms with Crippen molar-refractivity contribution in [3.8, 4) is 17.2 Å². The van der Waals surface area contributed by atoms with Crippen LogP contribution in [0.15, 0.2) is 18.2 Å². The number of aromatic hydroxyl groups is 2. The van der Waals surface area contributed by atoms with Crippen LogP contribution in [-0.4, -0.2) is 86.7 Å². The van der Waals surface area contributed by atoms with Crippen molar-refractivity contribution in [2.24, 2.45) is 46.2 Å². The van der Waals surface area contributed by atoms with Crippen LogP contribution in [0.3, 0.4) is 0 Å². The van der Waals surface area contributed by atoms with Crippen LogP contribution in [0.2, 0.25) is 0 Å². The molecular weight excluding hydrogens is 755 g/mol. The first kappa shape index (κ1) is 43.7.